The second-order valence-corrected chi connectivity index (χ2v) is 4.17. The summed E-state index contributed by atoms with van der Waals surface area (Å²) >= 11 is 0. The molecule has 0 saturated heterocycles. The van der Waals surface area contributed by atoms with Crippen LogP contribution in [-0.4, -0.2) is 36.3 Å². The Morgan fingerprint density at radius 2 is 1.25 bits per heavy atom. The maximum Gasteiger partial charge on any atom is 0.203 e. The lowest BCUT2D eigenvalue weighted by molar-refractivity contribution is 0.324. The highest BCUT2D eigenvalue weighted by Crippen LogP contribution is 2.40. The van der Waals surface area contributed by atoms with Gasteiger partial charge in [0.05, 0.1) is 21.3 Å². The lowest BCUT2D eigenvalue weighted by Gasteiger charge is -2.13. The van der Waals surface area contributed by atoms with Crippen LogP contribution < -0.4 is 14.2 Å². The number of ether oxygens (including phenoxy) is 3. The van der Waals surface area contributed by atoms with Crippen molar-refractivity contribution < 1.29 is 14.2 Å². The molecule has 0 saturated carbocycles. The van der Waals surface area contributed by atoms with Gasteiger partial charge >= 0.3 is 0 Å². The lowest BCUT2D eigenvalue weighted by Crippen LogP contribution is -2.00. The van der Waals surface area contributed by atoms with E-state index in [9.17, 15) is 0 Å². The van der Waals surface area contributed by atoms with E-state index in [4.69, 9.17) is 14.2 Å². The molecule has 0 unspecified atom stereocenters. The molecule has 0 atom stereocenters. The Labute approximate surface area is 117 Å². The van der Waals surface area contributed by atoms with E-state index in [2.05, 4.69) is 15.0 Å². The average Bonchev–Trinajstić information content (AvgIpc) is 2.44. The normalized spacial score (nSPS) is 10.2. The quantitative estimate of drug-likeness (QED) is 0.852. The molecule has 0 bridgehead atoms. The fraction of sp³-hybridized carbons (Fsp3) is 0.357. The molecule has 106 valence electrons. The zero-order valence-electron chi connectivity index (χ0n) is 12.2. The predicted molar refractivity (Wildman–Crippen MR) is 74.4 cm³/mol. The van der Waals surface area contributed by atoms with E-state index in [0.717, 1.165) is 5.56 Å². The molecule has 2 aromatic rings. The number of hydrogen-bond donors (Lipinski definition) is 0. The SMILES string of the molecule is COc1cc(-c2nc(C)nc(C)n2)cc(OC)c1OC. The number of aryl methyl sites for hydroxylation is 2. The summed E-state index contributed by atoms with van der Waals surface area (Å²) in [6.45, 7) is 3.66. The Morgan fingerprint density at radius 1 is 0.750 bits per heavy atom. The Morgan fingerprint density at radius 3 is 1.65 bits per heavy atom. The van der Waals surface area contributed by atoms with Crippen LogP contribution in [-0.2, 0) is 0 Å². The molecule has 0 N–H and O–H groups in total. The Kier molecular flexibility index (Phi) is 4.02. The van der Waals surface area contributed by atoms with Crippen LogP contribution in [0.5, 0.6) is 17.2 Å². The van der Waals surface area contributed by atoms with E-state index in [0.29, 0.717) is 34.7 Å². The highest BCUT2D eigenvalue weighted by Gasteiger charge is 2.15. The van der Waals surface area contributed by atoms with Gasteiger partial charge in [0.1, 0.15) is 11.6 Å². The van der Waals surface area contributed by atoms with Crippen molar-refractivity contribution in [1.82, 2.24) is 15.0 Å². The molecule has 0 aliphatic carbocycles. The standard InChI is InChI=1S/C14H17N3O3/c1-8-15-9(2)17-14(16-8)10-6-11(18-3)13(20-5)12(7-10)19-4/h6-7H,1-5H3. The van der Waals surface area contributed by atoms with Gasteiger partial charge in [-0.1, -0.05) is 0 Å². The monoisotopic (exact) mass is 275 g/mol. The van der Waals surface area contributed by atoms with Crippen LogP contribution >= 0.6 is 0 Å². The van der Waals surface area contributed by atoms with Gasteiger partial charge in [-0.15, -0.1) is 0 Å². The van der Waals surface area contributed by atoms with Gasteiger partial charge in [0.2, 0.25) is 5.75 Å². The number of hydrogen-bond acceptors (Lipinski definition) is 6. The topological polar surface area (TPSA) is 66.4 Å². The first-order valence-electron chi connectivity index (χ1n) is 6.08. The summed E-state index contributed by atoms with van der Waals surface area (Å²) < 4.78 is 15.9. The van der Waals surface area contributed by atoms with Gasteiger partial charge in [-0.2, -0.15) is 0 Å². The van der Waals surface area contributed by atoms with Crippen LogP contribution in [0.4, 0.5) is 0 Å². The van der Waals surface area contributed by atoms with Gasteiger partial charge in [-0.3, -0.25) is 0 Å². The fourth-order valence-electron chi connectivity index (χ4n) is 1.95. The van der Waals surface area contributed by atoms with E-state index in [1.165, 1.54) is 0 Å². The van der Waals surface area contributed by atoms with Crippen LogP contribution in [0, 0.1) is 13.8 Å². The molecule has 0 fully saturated rings. The zero-order valence-corrected chi connectivity index (χ0v) is 12.2. The number of nitrogens with zero attached hydrogens (tertiary/aromatic N) is 3. The maximum atomic E-state index is 5.33. The van der Waals surface area contributed by atoms with Crippen molar-refractivity contribution in [3.05, 3.63) is 23.8 Å². The average molecular weight is 275 g/mol. The number of methoxy groups -OCH3 is 3. The predicted octanol–water partition coefficient (Wildman–Crippen LogP) is 2.18. The smallest absolute Gasteiger partial charge is 0.203 e. The maximum absolute atomic E-state index is 5.33. The van der Waals surface area contributed by atoms with Crippen molar-refractivity contribution >= 4 is 0 Å². The third kappa shape index (κ3) is 2.64. The second kappa shape index (κ2) is 5.73. The number of benzene rings is 1. The third-order valence-corrected chi connectivity index (χ3v) is 2.78. The summed E-state index contributed by atoms with van der Waals surface area (Å²) in [6, 6.07) is 3.63. The first-order chi connectivity index (χ1) is 9.58. The van der Waals surface area contributed by atoms with E-state index in [-0.39, 0.29) is 0 Å². The van der Waals surface area contributed by atoms with Crippen molar-refractivity contribution in [1.29, 1.82) is 0 Å². The molecule has 1 heterocycles. The highest BCUT2D eigenvalue weighted by molar-refractivity contribution is 5.66. The van der Waals surface area contributed by atoms with Crippen LogP contribution in [0.3, 0.4) is 0 Å². The minimum atomic E-state index is 0.543. The molecular weight excluding hydrogens is 258 g/mol. The summed E-state index contributed by atoms with van der Waals surface area (Å²) in [6.07, 6.45) is 0. The molecule has 0 aliphatic heterocycles. The highest BCUT2D eigenvalue weighted by atomic mass is 16.5. The van der Waals surface area contributed by atoms with Crippen molar-refractivity contribution in [3.63, 3.8) is 0 Å². The number of aromatic nitrogens is 3. The first-order valence-corrected chi connectivity index (χ1v) is 6.08. The van der Waals surface area contributed by atoms with Crippen LogP contribution in [0.1, 0.15) is 11.6 Å². The third-order valence-electron chi connectivity index (χ3n) is 2.78. The van der Waals surface area contributed by atoms with E-state index in [1.807, 2.05) is 26.0 Å². The zero-order chi connectivity index (χ0) is 14.7. The summed E-state index contributed by atoms with van der Waals surface area (Å²) in [5.41, 5.74) is 0.785. The summed E-state index contributed by atoms with van der Waals surface area (Å²) in [5.74, 6) is 3.59. The van der Waals surface area contributed by atoms with Crippen molar-refractivity contribution in [3.8, 4) is 28.6 Å². The van der Waals surface area contributed by atoms with Crippen LogP contribution in [0.2, 0.25) is 0 Å². The van der Waals surface area contributed by atoms with Gasteiger partial charge in [0.15, 0.2) is 17.3 Å². The van der Waals surface area contributed by atoms with Gasteiger partial charge in [0.25, 0.3) is 0 Å². The molecule has 2 rings (SSSR count). The second-order valence-electron chi connectivity index (χ2n) is 4.17. The molecule has 0 spiro atoms. The van der Waals surface area contributed by atoms with Gasteiger partial charge < -0.3 is 14.2 Å². The summed E-state index contributed by atoms with van der Waals surface area (Å²) in [5, 5.41) is 0. The van der Waals surface area contributed by atoms with Gasteiger partial charge in [0, 0.05) is 5.56 Å². The van der Waals surface area contributed by atoms with Crippen molar-refractivity contribution in [2.45, 2.75) is 13.8 Å². The Bertz CT molecular complexity index is 584. The molecule has 6 nitrogen and oxygen atoms in total. The number of rotatable bonds is 4. The van der Waals surface area contributed by atoms with E-state index in [1.54, 1.807) is 21.3 Å². The minimum absolute atomic E-state index is 0.543. The molecule has 0 radical (unpaired) electrons. The van der Waals surface area contributed by atoms with Gasteiger partial charge in [-0.25, -0.2) is 15.0 Å². The van der Waals surface area contributed by atoms with Crippen LogP contribution in [0.15, 0.2) is 12.1 Å². The molecule has 0 aliphatic rings. The van der Waals surface area contributed by atoms with E-state index < -0.39 is 0 Å². The molecule has 20 heavy (non-hydrogen) atoms. The Balaban J connectivity index is 2.62. The molecule has 6 heteroatoms. The van der Waals surface area contributed by atoms with E-state index >= 15 is 0 Å². The largest absolute Gasteiger partial charge is 0.493 e. The minimum Gasteiger partial charge on any atom is -0.493 e. The molecular formula is C14H17N3O3. The molecule has 1 aromatic carbocycles. The fourth-order valence-corrected chi connectivity index (χ4v) is 1.95. The van der Waals surface area contributed by atoms with Gasteiger partial charge in [-0.05, 0) is 26.0 Å². The first kappa shape index (κ1) is 14.0. The molecule has 1 aromatic heterocycles. The van der Waals surface area contributed by atoms with Crippen LogP contribution in [0.25, 0.3) is 11.4 Å². The Hall–Kier alpha value is -2.37. The summed E-state index contributed by atoms with van der Waals surface area (Å²) in [4.78, 5) is 12.8. The van der Waals surface area contributed by atoms with Crippen molar-refractivity contribution in [2.75, 3.05) is 21.3 Å². The molecule has 0 amide bonds. The van der Waals surface area contributed by atoms with Crippen molar-refractivity contribution in [2.24, 2.45) is 0 Å². The lowest BCUT2D eigenvalue weighted by atomic mass is 10.1. The summed E-state index contributed by atoms with van der Waals surface area (Å²) in [7, 11) is 4.72.